The van der Waals surface area contributed by atoms with E-state index in [0.29, 0.717) is 5.92 Å². The van der Waals surface area contributed by atoms with Crippen molar-refractivity contribution in [1.82, 2.24) is 9.88 Å². The van der Waals surface area contributed by atoms with Gasteiger partial charge < -0.3 is 9.64 Å². The molecule has 1 spiro atoms. The summed E-state index contributed by atoms with van der Waals surface area (Å²) in [6.07, 6.45) is 3.84. The lowest BCUT2D eigenvalue weighted by molar-refractivity contribution is -0.0949. The van der Waals surface area contributed by atoms with Crippen molar-refractivity contribution in [2.75, 3.05) is 13.1 Å². The van der Waals surface area contributed by atoms with Gasteiger partial charge in [-0.15, -0.1) is 0 Å². The van der Waals surface area contributed by atoms with Gasteiger partial charge in [0.25, 0.3) is 0 Å². The lowest BCUT2D eigenvalue weighted by Gasteiger charge is -2.58. The normalized spacial score (nSPS) is 19.8. The minimum Gasteiger partial charge on any atom is -0.444 e. The smallest absolute Gasteiger partial charge is 0.444 e. The molecule has 0 atom stereocenters. The number of hydrogen-bond acceptors (Lipinski definition) is 4. The van der Waals surface area contributed by atoms with Gasteiger partial charge in [0, 0.05) is 35.3 Å². The van der Waals surface area contributed by atoms with Gasteiger partial charge >= 0.3 is 11.6 Å². The van der Waals surface area contributed by atoms with Crippen LogP contribution in [0.3, 0.4) is 0 Å². The van der Waals surface area contributed by atoms with E-state index in [0.717, 1.165) is 38.0 Å². The van der Waals surface area contributed by atoms with Gasteiger partial charge in [-0.05, 0) is 69.8 Å². The van der Waals surface area contributed by atoms with Crippen LogP contribution in [0.5, 0.6) is 0 Å². The first-order valence-electron chi connectivity index (χ1n) is 8.62. The third kappa shape index (κ3) is 4.84. The van der Waals surface area contributed by atoms with E-state index in [2.05, 4.69) is 4.98 Å². The number of pyridine rings is 1. The molecule has 0 N–H and O–H groups in total. The Labute approximate surface area is 155 Å². The molecule has 0 unspecified atom stereocenters. The molecule has 2 heterocycles. The number of carbonyl (C=O) groups excluding carboxylic acids is 1. The molecule has 26 heavy (non-hydrogen) atoms. The lowest BCUT2D eigenvalue weighted by Crippen LogP contribution is -2.64. The van der Waals surface area contributed by atoms with Gasteiger partial charge in [-0.1, -0.05) is 0 Å². The molecule has 1 aliphatic carbocycles. The molecule has 144 valence electrons. The second-order valence-corrected chi connectivity index (χ2v) is 9.49. The Morgan fingerprint density at radius 3 is 2.46 bits per heavy atom. The second-order valence-electron chi connectivity index (χ2n) is 8.35. The van der Waals surface area contributed by atoms with Crippen molar-refractivity contribution in [3.8, 4) is 0 Å². The van der Waals surface area contributed by atoms with Crippen molar-refractivity contribution < 1.29 is 22.7 Å². The van der Waals surface area contributed by atoms with Gasteiger partial charge in [-0.25, -0.2) is 4.79 Å². The van der Waals surface area contributed by atoms with E-state index in [4.69, 9.17) is 4.74 Å². The number of amides is 1. The van der Waals surface area contributed by atoms with Crippen LogP contribution in [0.2, 0.25) is 0 Å². The summed E-state index contributed by atoms with van der Waals surface area (Å²) in [5.41, 5.74) is -3.74. The predicted molar refractivity (Wildman–Crippen MR) is 92.8 cm³/mol. The van der Waals surface area contributed by atoms with Crippen LogP contribution in [0, 0.1) is 11.3 Å². The predicted octanol–water partition coefficient (Wildman–Crippen LogP) is 4.88. The quantitative estimate of drug-likeness (QED) is 0.692. The highest BCUT2D eigenvalue weighted by Gasteiger charge is 2.54. The van der Waals surface area contributed by atoms with E-state index >= 15 is 0 Å². The van der Waals surface area contributed by atoms with Crippen molar-refractivity contribution in [1.29, 1.82) is 0 Å². The van der Waals surface area contributed by atoms with E-state index in [-0.39, 0.29) is 28.2 Å². The first kappa shape index (κ1) is 19.3. The van der Waals surface area contributed by atoms with Crippen LogP contribution < -0.4 is 0 Å². The fourth-order valence-electron chi connectivity index (χ4n) is 3.81. The minimum atomic E-state index is -4.28. The zero-order valence-electron chi connectivity index (χ0n) is 15.1. The molecule has 1 saturated carbocycles. The Bertz CT molecular complexity index is 656. The summed E-state index contributed by atoms with van der Waals surface area (Å²) in [4.78, 5) is 18.0. The number of halogens is 3. The van der Waals surface area contributed by atoms with Crippen molar-refractivity contribution in [2.24, 2.45) is 11.3 Å². The highest BCUT2D eigenvalue weighted by atomic mass is 32.2. The molecule has 2 aliphatic rings. The van der Waals surface area contributed by atoms with Crippen molar-refractivity contribution >= 4 is 17.9 Å². The Morgan fingerprint density at radius 1 is 1.31 bits per heavy atom. The standard InChI is InChI=1S/C18H23F3N2O2S/c1-16(2,3)25-15(24)23-10-17(11-23)7-12(8-17)6-13-4-5-14(9-22-13)26-18(19,20)21/h4-5,9,12H,6-8,10-11H2,1-3H3. The number of likely N-dealkylation sites (tertiary alicyclic amines) is 1. The summed E-state index contributed by atoms with van der Waals surface area (Å²) in [5.74, 6) is 0.476. The fourth-order valence-corrected chi connectivity index (χ4v) is 4.32. The highest BCUT2D eigenvalue weighted by Crippen LogP contribution is 2.53. The molecule has 0 bridgehead atoms. The first-order chi connectivity index (χ1) is 11.9. The topological polar surface area (TPSA) is 42.4 Å². The molecule has 0 aromatic carbocycles. The van der Waals surface area contributed by atoms with Crippen molar-refractivity contribution in [2.45, 2.75) is 56.0 Å². The molecule has 3 rings (SSSR count). The molecule has 0 radical (unpaired) electrons. The summed E-state index contributed by atoms with van der Waals surface area (Å²) >= 11 is -0.145. The van der Waals surface area contributed by atoms with Crippen LogP contribution in [0.25, 0.3) is 0 Å². The molecule has 4 nitrogen and oxygen atoms in total. The number of carbonyl (C=O) groups is 1. The monoisotopic (exact) mass is 388 g/mol. The van der Waals surface area contributed by atoms with Crippen molar-refractivity contribution in [3.63, 3.8) is 0 Å². The molecule has 8 heteroatoms. The summed E-state index contributed by atoms with van der Waals surface area (Å²) in [5, 5.41) is 0. The van der Waals surface area contributed by atoms with Crippen molar-refractivity contribution in [3.05, 3.63) is 24.0 Å². The van der Waals surface area contributed by atoms with Crippen LogP contribution in [0.15, 0.2) is 23.2 Å². The molecule has 1 saturated heterocycles. The number of hydrogen-bond donors (Lipinski definition) is 0. The van der Waals surface area contributed by atoms with Gasteiger partial charge in [-0.3, -0.25) is 4.98 Å². The molecule has 1 amide bonds. The van der Waals surface area contributed by atoms with E-state index in [9.17, 15) is 18.0 Å². The number of alkyl halides is 3. The van der Waals surface area contributed by atoms with Gasteiger partial charge in [0.15, 0.2) is 0 Å². The Hall–Kier alpha value is -1.44. The Kier molecular flexibility index (Phi) is 4.92. The van der Waals surface area contributed by atoms with Gasteiger partial charge in [0.1, 0.15) is 5.60 Å². The van der Waals surface area contributed by atoms with Crippen LogP contribution in [0.4, 0.5) is 18.0 Å². The molecule has 1 aromatic rings. The number of ether oxygens (including phenoxy) is 1. The van der Waals surface area contributed by atoms with Gasteiger partial charge in [0.05, 0.1) is 0 Å². The molecular weight excluding hydrogens is 365 g/mol. The number of thioether (sulfide) groups is 1. The third-order valence-electron chi connectivity index (χ3n) is 4.68. The molecule has 1 aliphatic heterocycles. The van der Waals surface area contributed by atoms with Gasteiger partial charge in [0.2, 0.25) is 0 Å². The number of rotatable bonds is 3. The maximum Gasteiger partial charge on any atom is 0.446 e. The fraction of sp³-hybridized carbons (Fsp3) is 0.667. The Morgan fingerprint density at radius 2 is 1.96 bits per heavy atom. The summed E-state index contributed by atoms with van der Waals surface area (Å²) < 4.78 is 42.3. The Balaban J connectivity index is 1.42. The average molecular weight is 388 g/mol. The van der Waals surface area contributed by atoms with Crippen LogP contribution >= 0.6 is 11.8 Å². The first-order valence-corrected chi connectivity index (χ1v) is 9.43. The van der Waals surface area contributed by atoms with Crippen LogP contribution in [-0.4, -0.2) is 40.2 Å². The molecular formula is C18H23F3N2O2S. The average Bonchev–Trinajstić information content (AvgIpc) is 2.38. The summed E-state index contributed by atoms with van der Waals surface area (Å²) in [6, 6.07) is 3.15. The van der Waals surface area contributed by atoms with Crippen LogP contribution in [-0.2, 0) is 11.2 Å². The summed E-state index contributed by atoms with van der Waals surface area (Å²) in [7, 11) is 0. The maximum atomic E-state index is 12.3. The second kappa shape index (κ2) is 6.62. The SMILES string of the molecule is CC(C)(C)OC(=O)N1CC2(CC(Cc3ccc(SC(F)(F)F)cn3)C2)C1. The third-order valence-corrected chi connectivity index (χ3v) is 5.39. The zero-order chi connectivity index (χ0) is 19.2. The van der Waals surface area contributed by atoms with Crippen LogP contribution in [0.1, 0.15) is 39.3 Å². The van der Waals surface area contributed by atoms with E-state index in [1.54, 1.807) is 11.0 Å². The van der Waals surface area contributed by atoms with Gasteiger partial charge in [-0.2, -0.15) is 13.2 Å². The van der Waals surface area contributed by atoms with E-state index < -0.39 is 11.1 Å². The van der Waals surface area contributed by atoms with E-state index in [1.165, 1.54) is 12.3 Å². The molecule has 1 aromatic heterocycles. The number of aromatic nitrogens is 1. The summed E-state index contributed by atoms with van der Waals surface area (Å²) in [6.45, 7) is 7.02. The highest BCUT2D eigenvalue weighted by molar-refractivity contribution is 8.00. The minimum absolute atomic E-state index is 0.110. The number of nitrogens with zero attached hydrogens (tertiary/aromatic N) is 2. The molecule has 2 fully saturated rings. The van der Waals surface area contributed by atoms with E-state index in [1.807, 2.05) is 20.8 Å². The lowest BCUT2D eigenvalue weighted by atomic mass is 9.57. The maximum absolute atomic E-state index is 12.3. The largest absolute Gasteiger partial charge is 0.446 e. The zero-order valence-corrected chi connectivity index (χ0v) is 15.9.